The Morgan fingerprint density at radius 3 is 3.00 bits per heavy atom. The Balaban J connectivity index is 1.87. The predicted molar refractivity (Wildman–Crippen MR) is 77.4 cm³/mol. The molecule has 6 heteroatoms. The van der Waals surface area contributed by atoms with Crippen molar-refractivity contribution in [2.75, 3.05) is 33.2 Å². The topological polar surface area (TPSA) is 52.7 Å². The number of piperazine rings is 1. The highest BCUT2D eigenvalue weighted by Gasteiger charge is 2.20. The third kappa shape index (κ3) is 4.21. The van der Waals surface area contributed by atoms with E-state index >= 15 is 0 Å². The van der Waals surface area contributed by atoms with Crippen molar-refractivity contribution in [3.8, 4) is 0 Å². The quantitative estimate of drug-likeness (QED) is 0.891. The summed E-state index contributed by atoms with van der Waals surface area (Å²) >= 11 is 5.92. The molecule has 0 spiro atoms. The number of nitrogens with zero attached hydrogens (tertiary/aromatic N) is 2. The van der Waals surface area contributed by atoms with Crippen LogP contribution in [0.2, 0.25) is 5.02 Å². The predicted octanol–water partition coefficient (Wildman–Crippen LogP) is 0.730. The lowest BCUT2D eigenvalue weighted by Crippen LogP contribution is -2.50. The van der Waals surface area contributed by atoms with E-state index in [1.165, 1.54) is 0 Å². The first-order chi connectivity index (χ1) is 9.54. The van der Waals surface area contributed by atoms with Gasteiger partial charge in [0.05, 0.1) is 13.1 Å². The van der Waals surface area contributed by atoms with Gasteiger partial charge in [0.1, 0.15) is 0 Å². The zero-order valence-corrected chi connectivity index (χ0v) is 12.2. The van der Waals surface area contributed by atoms with Gasteiger partial charge in [-0.1, -0.05) is 23.7 Å². The molecule has 108 valence electrons. The second kappa shape index (κ2) is 6.72. The molecule has 0 saturated carbocycles. The van der Waals surface area contributed by atoms with Gasteiger partial charge >= 0.3 is 0 Å². The molecular weight excluding hydrogens is 278 g/mol. The zero-order valence-electron chi connectivity index (χ0n) is 11.4. The summed E-state index contributed by atoms with van der Waals surface area (Å²) in [5.74, 6) is -0.0266. The molecule has 0 atom stereocenters. The highest BCUT2D eigenvalue weighted by atomic mass is 35.5. The van der Waals surface area contributed by atoms with E-state index in [2.05, 4.69) is 5.32 Å². The summed E-state index contributed by atoms with van der Waals surface area (Å²) in [5, 5.41) is 3.40. The van der Waals surface area contributed by atoms with Gasteiger partial charge in [0.15, 0.2) is 0 Å². The van der Waals surface area contributed by atoms with Crippen molar-refractivity contribution in [2.24, 2.45) is 0 Å². The SMILES string of the molecule is CN(Cc1cccc(Cl)c1)C(=O)CN1CCNC(=O)C1. The van der Waals surface area contributed by atoms with Crippen LogP contribution in [0.3, 0.4) is 0 Å². The van der Waals surface area contributed by atoms with E-state index in [1.54, 1.807) is 18.0 Å². The summed E-state index contributed by atoms with van der Waals surface area (Å²) in [7, 11) is 1.76. The van der Waals surface area contributed by atoms with Crippen LogP contribution in [0.1, 0.15) is 5.56 Å². The van der Waals surface area contributed by atoms with Crippen LogP contribution in [-0.2, 0) is 16.1 Å². The summed E-state index contributed by atoms with van der Waals surface area (Å²) in [6.45, 7) is 2.38. The monoisotopic (exact) mass is 295 g/mol. The number of carbonyl (C=O) groups excluding carboxylic acids is 2. The van der Waals surface area contributed by atoms with E-state index in [0.717, 1.165) is 5.56 Å². The lowest BCUT2D eigenvalue weighted by atomic mass is 10.2. The highest BCUT2D eigenvalue weighted by molar-refractivity contribution is 6.30. The Morgan fingerprint density at radius 1 is 1.50 bits per heavy atom. The van der Waals surface area contributed by atoms with Gasteiger partial charge in [-0.05, 0) is 17.7 Å². The molecule has 2 rings (SSSR count). The first-order valence-corrected chi connectivity index (χ1v) is 6.90. The van der Waals surface area contributed by atoms with Crippen LogP contribution in [0.5, 0.6) is 0 Å². The number of hydrogen-bond acceptors (Lipinski definition) is 3. The van der Waals surface area contributed by atoms with Crippen molar-refractivity contribution in [2.45, 2.75) is 6.54 Å². The Labute approximate surface area is 123 Å². The van der Waals surface area contributed by atoms with E-state index < -0.39 is 0 Å². The summed E-state index contributed by atoms with van der Waals surface area (Å²) in [6, 6.07) is 7.45. The van der Waals surface area contributed by atoms with Gasteiger partial charge in [0, 0.05) is 31.7 Å². The van der Waals surface area contributed by atoms with Gasteiger partial charge in [-0.15, -0.1) is 0 Å². The maximum Gasteiger partial charge on any atom is 0.236 e. The van der Waals surface area contributed by atoms with Crippen LogP contribution in [-0.4, -0.2) is 54.8 Å². The van der Waals surface area contributed by atoms with Gasteiger partial charge < -0.3 is 10.2 Å². The third-order valence-corrected chi connectivity index (χ3v) is 3.45. The largest absolute Gasteiger partial charge is 0.354 e. The number of amides is 2. The Hall–Kier alpha value is -1.59. The Bertz CT molecular complexity index is 507. The molecule has 1 aliphatic heterocycles. The van der Waals surface area contributed by atoms with Crippen LogP contribution >= 0.6 is 11.6 Å². The van der Waals surface area contributed by atoms with Crippen LogP contribution < -0.4 is 5.32 Å². The van der Waals surface area contributed by atoms with E-state index in [4.69, 9.17) is 11.6 Å². The molecule has 1 saturated heterocycles. The third-order valence-electron chi connectivity index (χ3n) is 3.21. The first kappa shape index (κ1) is 14.8. The van der Waals surface area contributed by atoms with Gasteiger partial charge in [0.25, 0.3) is 0 Å². The maximum atomic E-state index is 12.1. The summed E-state index contributed by atoms with van der Waals surface area (Å²) in [4.78, 5) is 26.9. The molecule has 2 amide bonds. The molecule has 0 aliphatic carbocycles. The second-order valence-corrected chi connectivity index (χ2v) is 5.38. The van der Waals surface area contributed by atoms with Crippen molar-refractivity contribution in [3.05, 3.63) is 34.9 Å². The van der Waals surface area contributed by atoms with Crippen molar-refractivity contribution < 1.29 is 9.59 Å². The number of nitrogens with one attached hydrogen (secondary N) is 1. The molecule has 0 radical (unpaired) electrons. The molecular formula is C14H18ClN3O2. The fourth-order valence-corrected chi connectivity index (χ4v) is 2.35. The minimum Gasteiger partial charge on any atom is -0.354 e. The summed E-state index contributed by atoms with van der Waals surface area (Å²) in [6.07, 6.45) is 0. The van der Waals surface area contributed by atoms with Crippen molar-refractivity contribution in [1.29, 1.82) is 0 Å². The van der Waals surface area contributed by atoms with Crippen molar-refractivity contribution >= 4 is 23.4 Å². The molecule has 1 N–H and O–H groups in total. The summed E-state index contributed by atoms with van der Waals surface area (Å²) < 4.78 is 0. The molecule has 5 nitrogen and oxygen atoms in total. The Morgan fingerprint density at radius 2 is 2.30 bits per heavy atom. The van der Waals surface area contributed by atoms with Crippen LogP contribution in [0, 0.1) is 0 Å². The maximum absolute atomic E-state index is 12.1. The number of benzene rings is 1. The molecule has 1 fully saturated rings. The van der Waals surface area contributed by atoms with Crippen molar-refractivity contribution in [3.63, 3.8) is 0 Å². The fraction of sp³-hybridized carbons (Fsp3) is 0.429. The van der Waals surface area contributed by atoms with Crippen LogP contribution in [0.25, 0.3) is 0 Å². The summed E-state index contributed by atoms with van der Waals surface area (Å²) in [5.41, 5.74) is 0.990. The van der Waals surface area contributed by atoms with Gasteiger partial charge in [-0.25, -0.2) is 0 Å². The average Bonchev–Trinajstić information content (AvgIpc) is 2.38. The van der Waals surface area contributed by atoms with Crippen molar-refractivity contribution in [1.82, 2.24) is 15.1 Å². The molecule has 1 aromatic carbocycles. The Kier molecular flexibility index (Phi) is 4.98. The lowest BCUT2D eigenvalue weighted by molar-refractivity contribution is -0.133. The molecule has 1 aromatic rings. The highest BCUT2D eigenvalue weighted by Crippen LogP contribution is 2.12. The molecule has 1 heterocycles. The van der Waals surface area contributed by atoms with Gasteiger partial charge in [0.2, 0.25) is 11.8 Å². The number of likely N-dealkylation sites (N-methyl/N-ethyl adjacent to an activating group) is 1. The van der Waals surface area contributed by atoms with Crippen LogP contribution in [0.4, 0.5) is 0 Å². The number of carbonyl (C=O) groups is 2. The minimum absolute atomic E-state index is 0.000300. The van der Waals surface area contributed by atoms with E-state index in [9.17, 15) is 9.59 Å². The smallest absolute Gasteiger partial charge is 0.236 e. The lowest BCUT2D eigenvalue weighted by Gasteiger charge is -2.27. The zero-order chi connectivity index (χ0) is 14.5. The standard InChI is InChI=1S/C14H18ClN3O2/c1-17(8-11-3-2-4-12(15)7-11)14(20)10-18-6-5-16-13(19)9-18/h2-4,7H,5-6,8-10H2,1H3,(H,16,19). The van der Waals surface area contributed by atoms with Crippen LogP contribution in [0.15, 0.2) is 24.3 Å². The second-order valence-electron chi connectivity index (χ2n) is 4.94. The van der Waals surface area contributed by atoms with E-state index in [1.807, 2.05) is 23.1 Å². The first-order valence-electron chi connectivity index (χ1n) is 6.52. The minimum atomic E-state index is -0.0263. The number of rotatable bonds is 4. The van der Waals surface area contributed by atoms with E-state index in [-0.39, 0.29) is 24.9 Å². The average molecular weight is 296 g/mol. The molecule has 0 bridgehead atoms. The molecule has 20 heavy (non-hydrogen) atoms. The molecule has 0 unspecified atom stereocenters. The molecule has 0 aromatic heterocycles. The van der Waals surface area contributed by atoms with Gasteiger partial charge in [-0.3, -0.25) is 14.5 Å². The number of halogens is 1. The normalized spacial score (nSPS) is 15.8. The van der Waals surface area contributed by atoms with Gasteiger partial charge in [-0.2, -0.15) is 0 Å². The fourth-order valence-electron chi connectivity index (χ4n) is 2.14. The molecule has 1 aliphatic rings. The number of hydrogen-bond donors (Lipinski definition) is 1. The van der Waals surface area contributed by atoms with E-state index in [0.29, 0.717) is 24.7 Å².